The van der Waals surface area contributed by atoms with E-state index in [2.05, 4.69) is 26.2 Å². The maximum absolute atomic E-state index is 13.1. The van der Waals surface area contributed by atoms with Gasteiger partial charge in [0.1, 0.15) is 11.5 Å². The number of carbonyl (C=O) groups is 1. The second-order valence-electron chi connectivity index (χ2n) is 4.42. The van der Waals surface area contributed by atoms with Crippen LogP contribution in [0.5, 0.6) is 0 Å². The standard InChI is InChI=1S/C14H15BrFN3OS.ClH/c15-10-7-9(1-2-11(10)16)4-6-18-14(20)12-8-21-13(19-12)3-5-17;/h1-2,7-8H,3-6,17H2,(H,18,20);1H. The molecule has 2 aromatic rings. The van der Waals surface area contributed by atoms with Crippen LogP contribution < -0.4 is 11.1 Å². The molecule has 0 aliphatic rings. The van der Waals surface area contributed by atoms with E-state index in [0.29, 0.717) is 36.1 Å². The number of nitrogens with one attached hydrogen (secondary N) is 1. The number of benzene rings is 1. The Bertz CT molecular complexity index is 638. The third kappa shape index (κ3) is 5.31. The molecule has 1 heterocycles. The van der Waals surface area contributed by atoms with Crippen molar-refractivity contribution in [3.8, 4) is 0 Å². The molecule has 120 valence electrons. The number of hydrogen-bond donors (Lipinski definition) is 2. The highest BCUT2D eigenvalue weighted by atomic mass is 79.9. The molecule has 4 nitrogen and oxygen atoms in total. The summed E-state index contributed by atoms with van der Waals surface area (Å²) < 4.78 is 13.5. The molecule has 3 N–H and O–H groups in total. The van der Waals surface area contributed by atoms with Gasteiger partial charge in [-0.3, -0.25) is 4.79 Å². The van der Waals surface area contributed by atoms with Crippen LogP contribution in [-0.2, 0) is 12.8 Å². The first-order valence-electron chi connectivity index (χ1n) is 6.46. The Morgan fingerprint density at radius 3 is 2.86 bits per heavy atom. The zero-order valence-corrected chi connectivity index (χ0v) is 14.9. The first-order chi connectivity index (χ1) is 10.1. The molecule has 0 fully saturated rings. The van der Waals surface area contributed by atoms with E-state index in [1.807, 2.05) is 0 Å². The molecule has 0 unspecified atom stereocenters. The minimum atomic E-state index is -0.294. The average molecular weight is 409 g/mol. The molecule has 8 heteroatoms. The number of rotatable bonds is 6. The molecule has 0 spiro atoms. The van der Waals surface area contributed by atoms with Gasteiger partial charge >= 0.3 is 0 Å². The Labute approximate surface area is 146 Å². The smallest absolute Gasteiger partial charge is 0.270 e. The predicted molar refractivity (Wildman–Crippen MR) is 92.3 cm³/mol. The Morgan fingerprint density at radius 2 is 2.18 bits per heavy atom. The van der Waals surface area contributed by atoms with Crippen molar-refractivity contribution in [2.45, 2.75) is 12.8 Å². The number of halogens is 3. The van der Waals surface area contributed by atoms with Gasteiger partial charge in [0.2, 0.25) is 0 Å². The first-order valence-corrected chi connectivity index (χ1v) is 8.14. The molecule has 0 saturated heterocycles. The highest BCUT2D eigenvalue weighted by Crippen LogP contribution is 2.17. The topological polar surface area (TPSA) is 68.0 Å². The van der Waals surface area contributed by atoms with E-state index < -0.39 is 0 Å². The van der Waals surface area contributed by atoms with Gasteiger partial charge in [-0.25, -0.2) is 9.37 Å². The van der Waals surface area contributed by atoms with E-state index in [1.54, 1.807) is 17.5 Å². The summed E-state index contributed by atoms with van der Waals surface area (Å²) in [4.78, 5) is 16.1. The number of nitrogens with zero attached hydrogens (tertiary/aromatic N) is 1. The molecular formula is C14H16BrClFN3OS. The monoisotopic (exact) mass is 407 g/mol. The summed E-state index contributed by atoms with van der Waals surface area (Å²) in [5.41, 5.74) is 6.82. The summed E-state index contributed by atoms with van der Waals surface area (Å²) in [5.74, 6) is -0.492. The molecule has 0 aliphatic carbocycles. The van der Waals surface area contributed by atoms with Crippen molar-refractivity contribution in [3.05, 3.63) is 50.1 Å². The second-order valence-corrected chi connectivity index (χ2v) is 6.22. The van der Waals surface area contributed by atoms with E-state index in [0.717, 1.165) is 10.6 Å². The molecule has 0 saturated carbocycles. The molecule has 1 aromatic carbocycles. The van der Waals surface area contributed by atoms with Crippen molar-refractivity contribution in [1.29, 1.82) is 0 Å². The summed E-state index contributed by atoms with van der Waals surface area (Å²) in [6.07, 6.45) is 1.31. The maximum Gasteiger partial charge on any atom is 0.270 e. The highest BCUT2D eigenvalue weighted by Gasteiger charge is 2.10. The van der Waals surface area contributed by atoms with Crippen molar-refractivity contribution in [2.75, 3.05) is 13.1 Å². The van der Waals surface area contributed by atoms with E-state index in [4.69, 9.17) is 5.73 Å². The minimum Gasteiger partial charge on any atom is -0.350 e. The van der Waals surface area contributed by atoms with Crippen LogP contribution in [0.15, 0.2) is 28.1 Å². The van der Waals surface area contributed by atoms with Crippen LogP contribution >= 0.6 is 39.7 Å². The van der Waals surface area contributed by atoms with Gasteiger partial charge in [-0.1, -0.05) is 6.07 Å². The molecule has 0 radical (unpaired) electrons. The Hall–Kier alpha value is -1.02. The van der Waals surface area contributed by atoms with E-state index in [-0.39, 0.29) is 24.1 Å². The summed E-state index contributed by atoms with van der Waals surface area (Å²) in [7, 11) is 0. The zero-order valence-electron chi connectivity index (χ0n) is 11.6. The summed E-state index contributed by atoms with van der Waals surface area (Å²) in [5, 5.41) is 5.40. The van der Waals surface area contributed by atoms with Crippen molar-refractivity contribution < 1.29 is 9.18 Å². The molecular weight excluding hydrogens is 393 g/mol. The largest absolute Gasteiger partial charge is 0.350 e. The van der Waals surface area contributed by atoms with E-state index in [1.165, 1.54) is 17.4 Å². The van der Waals surface area contributed by atoms with Crippen molar-refractivity contribution >= 4 is 45.6 Å². The molecule has 0 atom stereocenters. The maximum atomic E-state index is 13.1. The lowest BCUT2D eigenvalue weighted by molar-refractivity contribution is 0.0949. The van der Waals surface area contributed by atoms with Crippen LogP contribution in [0.25, 0.3) is 0 Å². The van der Waals surface area contributed by atoms with Crippen LogP contribution in [-0.4, -0.2) is 24.0 Å². The molecule has 1 amide bonds. The van der Waals surface area contributed by atoms with Crippen LogP contribution in [0.1, 0.15) is 21.1 Å². The quantitative estimate of drug-likeness (QED) is 0.772. The Morgan fingerprint density at radius 1 is 1.41 bits per heavy atom. The predicted octanol–water partition coefficient (Wildman–Crippen LogP) is 2.94. The summed E-state index contributed by atoms with van der Waals surface area (Å²) in [6.45, 7) is 0.995. The highest BCUT2D eigenvalue weighted by molar-refractivity contribution is 9.10. The SMILES string of the molecule is Cl.NCCc1nc(C(=O)NCCc2ccc(F)c(Br)c2)cs1. The third-order valence-electron chi connectivity index (χ3n) is 2.83. The van der Waals surface area contributed by atoms with Crippen LogP contribution in [0.2, 0.25) is 0 Å². The van der Waals surface area contributed by atoms with Gasteiger partial charge < -0.3 is 11.1 Å². The number of nitrogens with two attached hydrogens (primary N) is 1. The van der Waals surface area contributed by atoms with Crippen molar-refractivity contribution in [1.82, 2.24) is 10.3 Å². The van der Waals surface area contributed by atoms with E-state index in [9.17, 15) is 9.18 Å². The summed E-state index contributed by atoms with van der Waals surface area (Å²) >= 11 is 4.58. The van der Waals surface area contributed by atoms with Gasteiger partial charge in [0.05, 0.1) is 9.48 Å². The van der Waals surface area contributed by atoms with Gasteiger partial charge in [0, 0.05) is 18.3 Å². The average Bonchev–Trinajstić information content (AvgIpc) is 2.92. The first kappa shape index (κ1) is 19.0. The molecule has 22 heavy (non-hydrogen) atoms. The van der Waals surface area contributed by atoms with Crippen molar-refractivity contribution in [2.24, 2.45) is 5.73 Å². The molecule has 2 rings (SSSR count). The fourth-order valence-electron chi connectivity index (χ4n) is 1.76. The number of thiazole rings is 1. The fraction of sp³-hybridized carbons (Fsp3) is 0.286. The Balaban J connectivity index is 0.00000242. The Kier molecular flexibility index (Phi) is 7.95. The van der Waals surface area contributed by atoms with Gasteiger partial charge in [0.25, 0.3) is 5.91 Å². The lowest BCUT2D eigenvalue weighted by atomic mass is 10.1. The number of aromatic nitrogens is 1. The lowest BCUT2D eigenvalue weighted by Gasteiger charge is -2.04. The van der Waals surface area contributed by atoms with Crippen LogP contribution in [0.3, 0.4) is 0 Å². The van der Waals surface area contributed by atoms with Crippen LogP contribution in [0.4, 0.5) is 4.39 Å². The van der Waals surface area contributed by atoms with Gasteiger partial charge in [-0.05, 0) is 46.6 Å². The second kappa shape index (κ2) is 9.19. The third-order valence-corrected chi connectivity index (χ3v) is 4.34. The fourth-order valence-corrected chi connectivity index (χ4v) is 2.98. The normalized spacial score (nSPS) is 10.1. The number of hydrogen-bond acceptors (Lipinski definition) is 4. The van der Waals surface area contributed by atoms with E-state index >= 15 is 0 Å². The molecule has 0 bridgehead atoms. The minimum absolute atomic E-state index is 0. The summed E-state index contributed by atoms with van der Waals surface area (Å²) in [6, 6.07) is 4.82. The molecule has 0 aliphatic heterocycles. The van der Waals surface area contributed by atoms with Gasteiger partial charge in [0.15, 0.2) is 0 Å². The number of amides is 1. The zero-order chi connectivity index (χ0) is 15.2. The number of carbonyl (C=O) groups excluding carboxylic acids is 1. The molecule has 1 aromatic heterocycles. The van der Waals surface area contributed by atoms with Gasteiger partial charge in [-0.15, -0.1) is 23.7 Å². The lowest BCUT2D eigenvalue weighted by Crippen LogP contribution is -2.26. The van der Waals surface area contributed by atoms with Gasteiger partial charge in [-0.2, -0.15) is 0 Å². The van der Waals surface area contributed by atoms with Crippen molar-refractivity contribution in [3.63, 3.8) is 0 Å². The van der Waals surface area contributed by atoms with Crippen LogP contribution in [0, 0.1) is 5.82 Å².